The number of hydrogen-bond acceptors (Lipinski definition) is 9. The summed E-state index contributed by atoms with van der Waals surface area (Å²) < 4.78 is 11.9. The number of nitrogens with two attached hydrogens (primary N) is 1. The average Bonchev–Trinajstić information content (AvgIpc) is 3.58. The average molecular weight is 761 g/mol. The summed E-state index contributed by atoms with van der Waals surface area (Å²) in [6.45, 7) is 13.9. The molecule has 1 saturated heterocycles. The van der Waals surface area contributed by atoms with Gasteiger partial charge in [0.05, 0.1) is 42.7 Å². The number of carbonyl (C=O) groups is 5. The lowest BCUT2D eigenvalue weighted by Crippen LogP contribution is -2.59. The fourth-order valence-electron chi connectivity index (χ4n) is 7.87. The molecule has 0 saturated carbocycles. The number of ether oxygens (including phenoxy) is 2. The van der Waals surface area contributed by atoms with E-state index in [1.54, 1.807) is 48.0 Å². The van der Waals surface area contributed by atoms with Gasteiger partial charge in [-0.05, 0) is 62.4 Å². The Morgan fingerprint density at radius 2 is 1.61 bits per heavy atom. The van der Waals surface area contributed by atoms with Crippen molar-refractivity contribution >= 4 is 35.3 Å². The summed E-state index contributed by atoms with van der Waals surface area (Å²) in [5.74, 6) is -3.34. The fraction of sp³-hybridized carbons (Fsp3) is 0.725. The Morgan fingerprint density at radius 3 is 2.11 bits per heavy atom. The fourth-order valence-corrected chi connectivity index (χ4v) is 7.87. The van der Waals surface area contributed by atoms with Crippen LogP contribution in [-0.4, -0.2) is 134 Å². The Kier molecular flexibility index (Phi) is 18.4. The first-order valence-electron chi connectivity index (χ1n) is 19.3. The summed E-state index contributed by atoms with van der Waals surface area (Å²) >= 11 is 0. The maximum absolute atomic E-state index is 14.2. The SMILES string of the molecule is CC[C@H](C)[C@@H]([C@@H](CC(=O)N1CCC[C@H]1[C@H](OC)[C@@H](C)C(=O)N[C@@H](Cc1cccc(N)c1)C(=O)O)OC)N(C)C(=O)[C@@H](NC(=O)[C@H](C(C)C)N(C)C)C(C)C. The van der Waals surface area contributed by atoms with Crippen LogP contribution in [0.5, 0.6) is 0 Å². The predicted octanol–water partition coefficient (Wildman–Crippen LogP) is 3.03. The van der Waals surface area contributed by atoms with Crippen LogP contribution in [0.3, 0.4) is 0 Å². The number of nitrogens with one attached hydrogen (secondary N) is 2. The van der Waals surface area contributed by atoms with Crippen LogP contribution in [0, 0.1) is 23.7 Å². The van der Waals surface area contributed by atoms with Crippen LogP contribution in [0.4, 0.5) is 5.69 Å². The highest BCUT2D eigenvalue weighted by molar-refractivity contribution is 5.90. The molecule has 1 heterocycles. The maximum atomic E-state index is 14.2. The highest BCUT2D eigenvalue weighted by Crippen LogP contribution is 2.30. The molecule has 2 rings (SSSR count). The molecule has 54 heavy (non-hydrogen) atoms. The zero-order chi connectivity index (χ0) is 41.0. The molecule has 1 aliphatic rings. The molecule has 0 bridgehead atoms. The molecule has 0 aliphatic carbocycles. The molecule has 1 aromatic rings. The van der Waals surface area contributed by atoms with E-state index in [4.69, 9.17) is 15.2 Å². The van der Waals surface area contributed by atoms with E-state index < -0.39 is 60.2 Å². The van der Waals surface area contributed by atoms with E-state index in [1.165, 1.54) is 14.2 Å². The molecule has 0 spiro atoms. The van der Waals surface area contributed by atoms with E-state index in [2.05, 4.69) is 10.6 Å². The summed E-state index contributed by atoms with van der Waals surface area (Å²) in [5, 5.41) is 15.6. The van der Waals surface area contributed by atoms with Crippen LogP contribution < -0.4 is 16.4 Å². The molecule has 0 unspecified atom stereocenters. The predicted molar refractivity (Wildman–Crippen MR) is 209 cm³/mol. The van der Waals surface area contributed by atoms with E-state index in [1.807, 2.05) is 60.5 Å². The molecular formula is C40H68N6O8. The molecule has 0 aromatic heterocycles. The minimum absolute atomic E-state index is 0.0211. The van der Waals surface area contributed by atoms with Gasteiger partial charge in [0.1, 0.15) is 12.1 Å². The van der Waals surface area contributed by atoms with Crippen LogP contribution >= 0.6 is 0 Å². The number of benzene rings is 1. The molecule has 1 aliphatic heterocycles. The van der Waals surface area contributed by atoms with E-state index in [-0.39, 0.29) is 48.3 Å². The van der Waals surface area contributed by atoms with Crippen molar-refractivity contribution in [3.8, 4) is 0 Å². The van der Waals surface area contributed by atoms with Crippen molar-refractivity contribution in [2.24, 2.45) is 23.7 Å². The van der Waals surface area contributed by atoms with Crippen molar-refractivity contribution in [1.29, 1.82) is 0 Å². The van der Waals surface area contributed by atoms with E-state index in [9.17, 15) is 29.1 Å². The molecule has 14 nitrogen and oxygen atoms in total. The first kappa shape index (κ1) is 46.4. The number of hydrogen-bond donors (Lipinski definition) is 4. The summed E-state index contributed by atoms with van der Waals surface area (Å²) in [7, 11) is 8.42. The number of nitrogens with zero attached hydrogens (tertiary/aromatic N) is 3. The second-order valence-electron chi connectivity index (χ2n) is 15.8. The standard InChI is InChI=1S/C40H68N6O8/c1-13-25(6)35(45(10)39(50)33(23(2)3)43-38(49)34(24(4)5)44(8)9)31(53-11)22-32(47)46-19-15-18-30(46)36(54-12)26(7)37(48)42-29(40(51)52)21-27-16-14-17-28(41)20-27/h14,16-17,20,23-26,29-31,33-36H,13,15,18-19,21-22,41H2,1-12H3,(H,42,48)(H,43,49)(H,51,52)/t25-,26+,29-,30-,31+,33-,34-,35-,36+/m0/s1. The molecule has 306 valence electrons. The molecule has 5 N–H and O–H groups in total. The van der Waals surface area contributed by atoms with Gasteiger partial charge in [-0.1, -0.05) is 67.0 Å². The van der Waals surface area contributed by atoms with Crippen LogP contribution in [0.15, 0.2) is 24.3 Å². The Bertz CT molecular complexity index is 1400. The number of carbonyl (C=O) groups excluding carboxylic acids is 4. The van der Waals surface area contributed by atoms with Crippen molar-refractivity contribution in [2.75, 3.05) is 47.6 Å². The maximum Gasteiger partial charge on any atom is 0.326 e. The second-order valence-corrected chi connectivity index (χ2v) is 15.8. The van der Waals surface area contributed by atoms with Crippen molar-refractivity contribution in [3.63, 3.8) is 0 Å². The van der Waals surface area contributed by atoms with Crippen LogP contribution in [0.1, 0.15) is 79.7 Å². The number of rotatable bonds is 21. The third kappa shape index (κ3) is 12.1. The van der Waals surface area contributed by atoms with Gasteiger partial charge in [-0.15, -0.1) is 0 Å². The van der Waals surface area contributed by atoms with Crippen molar-refractivity contribution in [1.82, 2.24) is 25.3 Å². The highest BCUT2D eigenvalue weighted by Gasteiger charge is 2.43. The van der Waals surface area contributed by atoms with Gasteiger partial charge < -0.3 is 40.7 Å². The first-order chi connectivity index (χ1) is 25.3. The van der Waals surface area contributed by atoms with Gasteiger partial charge in [0, 0.05) is 39.9 Å². The van der Waals surface area contributed by atoms with Gasteiger partial charge in [-0.25, -0.2) is 4.79 Å². The second kappa shape index (κ2) is 21.4. The minimum Gasteiger partial charge on any atom is -0.480 e. The van der Waals surface area contributed by atoms with Crippen LogP contribution in [0.25, 0.3) is 0 Å². The summed E-state index contributed by atoms with van der Waals surface area (Å²) in [6, 6.07) is 3.55. The number of anilines is 1. The molecule has 14 heteroatoms. The Morgan fingerprint density at radius 1 is 0.963 bits per heavy atom. The number of amides is 4. The van der Waals surface area contributed by atoms with Crippen molar-refractivity contribution in [3.05, 3.63) is 29.8 Å². The smallest absolute Gasteiger partial charge is 0.326 e. The lowest BCUT2D eigenvalue weighted by atomic mass is 9.89. The highest BCUT2D eigenvalue weighted by atomic mass is 16.5. The van der Waals surface area contributed by atoms with Gasteiger partial charge in [-0.2, -0.15) is 0 Å². The Balaban J connectivity index is 2.28. The zero-order valence-electron chi connectivity index (χ0n) is 34.6. The van der Waals surface area contributed by atoms with Crippen molar-refractivity contribution < 1.29 is 38.6 Å². The summed E-state index contributed by atoms with van der Waals surface area (Å²) in [6.07, 6.45) is 0.664. The van der Waals surface area contributed by atoms with E-state index >= 15 is 0 Å². The lowest BCUT2D eigenvalue weighted by molar-refractivity contribution is -0.148. The molecule has 4 amide bonds. The molecule has 9 atom stereocenters. The topological polar surface area (TPSA) is 184 Å². The summed E-state index contributed by atoms with van der Waals surface area (Å²) in [4.78, 5) is 72.7. The number of nitrogen functional groups attached to an aromatic ring is 1. The number of aliphatic carboxylic acids is 1. The lowest BCUT2D eigenvalue weighted by Gasteiger charge is -2.41. The van der Waals surface area contributed by atoms with E-state index in [0.717, 1.165) is 0 Å². The number of methoxy groups -OCH3 is 2. The Labute approximate surface area is 322 Å². The molecular weight excluding hydrogens is 692 g/mol. The first-order valence-corrected chi connectivity index (χ1v) is 19.3. The van der Waals surface area contributed by atoms with Gasteiger partial charge in [-0.3, -0.25) is 24.1 Å². The molecule has 0 radical (unpaired) electrons. The zero-order valence-corrected chi connectivity index (χ0v) is 34.6. The van der Waals surface area contributed by atoms with Gasteiger partial charge in [0.2, 0.25) is 23.6 Å². The normalized spacial score (nSPS) is 19.1. The van der Waals surface area contributed by atoms with Gasteiger partial charge in [0.25, 0.3) is 0 Å². The quantitative estimate of drug-likeness (QED) is 0.136. The van der Waals surface area contributed by atoms with E-state index in [0.29, 0.717) is 37.1 Å². The van der Waals surface area contributed by atoms with Gasteiger partial charge in [0.15, 0.2) is 0 Å². The Hall–Kier alpha value is -3.75. The third-order valence-electron chi connectivity index (χ3n) is 11.0. The number of likely N-dealkylation sites (N-methyl/N-ethyl adjacent to an activating group) is 2. The van der Waals surface area contributed by atoms with Gasteiger partial charge >= 0.3 is 5.97 Å². The monoisotopic (exact) mass is 761 g/mol. The van der Waals surface area contributed by atoms with Crippen molar-refractivity contribution in [2.45, 2.75) is 123 Å². The number of carboxylic acid groups (broad SMARTS) is 1. The number of likely N-dealkylation sites (tertiary alicyclic amines) is 1. The summed E-state index contributed by atoms with van der Waals surface area (Å²) in [5.41, 5.74) is 7.04. The molecule has 1 aromatic carbocycles. The van der Waals surface area contributed by atoms with Crippen LogP contribution in [-0.2, 0) is 39.9 Å². The minimum atomic E-state index is -1.19. The largest absolute Gasteiger partial charge is 0.480 e. The third-order valence-corrected chi connectivity index (χ3v) is 11.0. The molecule has 1 fully saturated rings. The number of carboxylic acids is 1. The van der Waals surface area contributed by atoms with Crippen LogP contribution in [0.2, 0.25) is 0 Å².